The second-order valence-electron chi connectivity index (χ2n) is 5.41. The Labute approximate surface area is 120 Å². The van der Waals surface area contributed by atoms with E-state index in [4.69, 9.17) is 0 Å². The van der Waals surface area contributed by atoms with Gasteiger partial charge in [-0.2, -0.15) is 0 Å². The fourth-order valence-electron chi connectivity index (χ4n) is 1.79. The van der Waals surface area contributed by atoms with E-state index in [-0.39, 0.29) is 0 Å². The van der Waals surface area contributed by atoms with Crippen molar-refractivity contribution in [1.82, 2.24) is 10.2 Å². The number of likely N-dealkylation sites (N-methyl/N-ethyl adjacent to an activating group) is 1. The van der Waals surface area contributed by atoms with Gasteiger partial charge in [0.15, 0.2) is 0 Å². The molecule has 0 saturated carbocycles. The Morgan fingerprint density at radius 2 is 1.83 bits per heavy atom. The Morgan fingerprint density at radius 3 is 2.44 bits per heavy atom. The third kappa shape index (κ3) is 5.51. The normalized spacial score (nSPS) is 13.3. The summed E-state index contributed by atoms with van der Waals surface area (Å²) in [5.74, 6) is 0.714. The Bertz CT molecular complexity index is 352. The summed E-state index contributed by atoms with van der Waals surface area (Å²) in [6.07, 6.45) is 0. The zero-order valence-corrected chi connectivity index (χ0v) is 13.5. The van der Waals surface area contributed by atoms with Crippen LogP contribution < -0.4 is 5.32 Å². The molecule has 0 spiro atoms. The summed E-state index contributed by atoms with van der Waals surface area (Å²) in [6.45, 7) is 9.85. The van der Waals surface area contributed by atoms with Crippen molar-refractivity contribution in [3.8, 4) is 0 Å². The molecule has 0 aromatic heterocycles. The maximum absolute atomic E-state index is 3.60. The van der Waals surface area contributed by atoms with Crippen LogP contribution in [0.4, 0.5) is 0 Å². The molecule has 1 rings (SSSR count). The summed E-state index contributed by atoms with van der Waals surface area (Å²) in [5, 5.41) is 3.51. The van der Waals surface area contributed by atoms with Crippen molar-refractivity contribution in [1.29, 1.82) is 0 Å². The van der Waals surface area contributed by atoms with Crippen molar-refractivity contribution >= 4 is 15.9 Å². The van der Waals surface area contributed by atoms with Gasteiger partial charge >= 0.3 is 0 Å². The summed E-state index contributed by atoms with van der Waals surface area (Å²) < 4.78 is 1.19. The second-order valence-corrected chi connectivity index (χ2v) is 6.26. The van der Waals surface area contributed by atoms with Gasteiger partial charge < -0.3 is 5.32 Å². The van der Waals surface area contributed by atoms with E-state index in [1.165, 1.54) is 10.0 Å². The molecule has 2 nitrogen and oxygen atoms in total. The molecule has 0 aliphatic heterocycles. The third-order valence-corrected chi connectivity index (χ3v) is 3.90. The minimum atomic E-state index is 0.538. The first-order chi connectivity index (χ1) is 8.50. The van der Waals surface area contributed by atoms with Crippen LogP contribution in [0.15, 0.2) is 28.7 Å². The van der Waals surface area contributed by atoms with E-state index in [0.29, 0.717) is 12.0 Å². The highest BCUT2D eigenvalue weighted by molar-refractivity contribution is 9.10. The topological polar surface area (TPSA) is 15.3 Å². The largest absolute Gasteiger partial charge is 0.315 e. The summed E-state index contributed by atoms with van der Waals surface area (Å²) in [4.78, 5) is 2.38. The molecule has 18 heavy (non-hydrogen) atoms. The van der Waals surface area contributed by atoms with Crippen LogP contribution in [0.3, 0.4) is 0 Å². The zero-order valence-electron chi connectivity index (χ0n) is 11.9. The molecule has 0 aliphatic carbocycles. The molecule has 0 radical (unpaired) electrons. The van der Waals surface area contributed by atoms with Gasteiger partial charge in [0.1, 0.15) is 0 Å². The standard InChI is InChI=1S/C15H25BrN2/c1-12(2)9-17-10-13(3)18(4)11-14-7-5-6-8-15(14)16/h5-8,12-13,17H,9-11H2,1-4H3. The first-order valence-corrected chi connectivity index (χ1v) is 7.44. The summed E-state index contributed by atoms with van der Waals surface area (Å²) in [6, 6.07) is 8.96. The first-order valence-electron chi connectivity index (χ1n) is 6.65. The molecule has 0 saturated heterocycles. The van der Waals surface area contributed by atoms with Gasteiger partial charge in [-0.3, -0.25) is 4.90 Å². The van der Waals surface area contributed by atoms with Gasteiger partial charge in [-0.1, -0.05) is 48.0 Å². The van der Waals surface area contributed by atoms with Crippen molar-refractivity contribution in [2.75, 3.05) is 20.1 Å². The van der Waals surface area contributed by atoms with Crippen molar-refractivity contribution in [2.24, 2.45) is 5.92 Å². The van der Waals surface area contributed by atoms with Crippen molar-refractivity contribution < 1.29 is 0 Å². The average molecular weight is 313 g/mol. The SMILES string of the molecule is CC(C)CNCC(C)N(C)Cc1ccccc1Br. The van der Waals surface area contributed by atoms with Crippen LogP contribution in [-0.2, 0) is 6.54 Å². The lowest BCUT2D eigenvalue weighted by molar-refractivity contribution is 0.241. The number of hydrogen-bond acceptors (Lipinski definition) is 2. The molecule has 3 heteroatoms. The molecule has 0 aliphatic rings. The van der Waals surface area contributed by atoms with Gasteiger partial charge in [0, 0.05) is 23.6 Å². The molecule has 0 heterocycles. The summed E-state index contributed by atoms with van der Waals surface area (Å²) in [5.41, 5.74) is 1.34. The van der Waals surface area contributed by atoms with E-state index in [0.717, 1.165) is 19.6 Å². The average Bonchev–Trinajstić information content (AvgIpc) is 2.31. The zero-order chi connectivity index (χ0) is 13.5. The van der Waals surface area contributed by atoms with Crippen LogP contribution in [0, 0.1) is 5.92 Å². The van der Waals surface area contributed by atoms with Crippen LogP contribution in [0.25, 0.3) is 0 Å². The number of benzene rings is 1. The van der Waals surface area contributed by atoms with E-state index >= 15 is 0 Å². The minimum Gasteiger partial charge on any atom is -0.315 e. The predicted octanol–water partition coefficient (Wildman–Crippen LogP) is 3.52. The second kappa shape index (κ2) is 7.93. The Hall–Kier alpha value is -0.380. The molecule has 1 atom stereocenters. The smallest absolute Gasteiger partial charge is 0.0245 e. The molecule has 1 aromatic carbocycles. The van der Waals surface area contributed by atoms with Gasteiger partial charge in [-0.15, -0.1) is 0 Å². The molecule has 1 N–H and O–H groups in total. The van der Waals surface area contributed by atoms with Crippen LogP contribution in [0.1, 0.15) is 26.3 Å². The molecule has 102 valence electrons. The van der Waals surface area contributed by atoms with Gasteiger partial charge in [0.2, 0.25) is 0 Å². The Balaban J connectivity index is 2.40. The lowest BCUT2D eigenvalue weighted by Crippen LogP contribution is -2.38. The van der Waals surface area contributed by atoms with E-state index in [1.54, 1.807) is 0 Å². The molecule has 1 aromatic rings. The van der Waals surface area contributed by atoms with Crippen LogP contribution in [0.5, 0.6) is 0 Å². The lowest BCUT2D eigenvalue weighted by atomic mass is 10.2. The van der Waals surface area contributed by atoms with Gasteiger partial charge in [0.25, 0.3) is 0 Å². The number of nitrogens with one attached hydrogen (secondary N) is 1. The fraction of sp³-hybridized carbons (Fsp3) is 0.600. The maximum Gasteiger partial charge on any atom is 0.0245 e. The molecule has 1 unspecified atom stereocenters. The highest BCUT2D eigenvalue weighted by Gasteiger charge is 2.10. The monoisotopic (exact) mass is 312 g/mol. The van der Waals surface area contributed by atoms with Crippen molar-refractivity contribution in [3.63, 3.8) is 0 Å². The van der Waals surface area contributed by atoms with E-state index in [2.05, 4.69) is 78.2 Å². The highest BCUT2D eigenvalue weighted by atomic mass is 79.9. The molecule has 0 amide bonds. The van der Waals surface area contributed by atoms with Crippen LogP contribution in [0.2, 0.25) is 0 Å². The van der Waals surface area contributed by atoms with Crippen LogP contribution in [-0.4, -0.2) is 31.1 Å². The summed E-state index contributed by atoms with van der Waals surface area (Å²) >= 11 is 3.60. The Morgan fingerprint density at radius 1 is 1.17 bits per heavy atom. The molecular formula is C15H25BrN2. The van der Waals surface area contributed by atoms with Gasteiger partial charge in [-0.25, -0.2) is 0 Å². The van der Waals surface area contributed by atoms with Gasteiger partial charge in [0.05, 0.1) is 0 Å². The van der Waals surface area contributed by atoms with E-state index in [1.807, 2.05) is 0 Å². The van der Waals surface area contributed by atoms with Crippen molar-refractivity contribution in [2.45, 2.75) is 33.4 Å². The van der Waals surface area contributed by atoms with E-state index in [9.17, 15) is 0 Å². The van der Waals surface area contributed by atoms with Crippen molar-refractivity contribution in [3.05, 3.63) is 34.3 Å². The third-order valence-electron chi connectivity index (χ3n) is 3.12. The minimum absolute atomic E-state index is 0.538. The predicted molar refractivity (Wildman–Crippen MR) is 82.8 cm³/mol. The van der Waals surface area contributed by atoms with Gasteiger partial charge in [-0.05, 0) is 38.1 Å². The number of rotatable bonds is 7. The summed E-state index contributed by atoms with van der Waals surface area (Å²) in [7, 11) is 2.18. The lowest BCUT2D eigenvalue weighted by Gasteiger charge is -2.26. The molecule has 0 fully saturated rings. The highest BCUT2D eigenvalue weighted by Crippen LogP contribution is 2.17. The Kier molecular flexibility index (Phi) is 6.90. The first kappa shape index (κ1) is 15.7. The number of halogens is 1. The number of hydrogen-bond donors (Lipinski definition) is 1. The molecular weight excluding hydrogens is 288 g/mol. The maximum atomic E-state index is 3.60. The van der Waals surface area contributed by atoms with E-state index < -0.39 is 0 Å². The fourth-order valence-corrected chi connectivity index (χ4v) is 2.20. The van der Waals surface area contributed by atoms with Crippen LogP contribution >= 0.6 is 15.9 Å². The molecule has 0 bridgehead atoms. The number of nitrogens with zero attached hydrogens (tertiary/aromatic N) is 1. The quantitative estimate of drug-likeness (QED) is 0.828.